The number of benzene rings is 3. The van der Waals surface area contributed by atoms with E-state index >= 15 is 0 Å². The molecule has 0 atom stereocenters. The van der Waals surface area contributed by atoms with E-state index in [0.29, 0.717) is 5.88 Å². The highest BCUT2D eigenvalue weighted by molar-refractivity contribution is 6.17. The lowest BCUT2D eigenvalue weighted by molar-refractivity contribution is 1.39. The lowest BCUT2D eigenvalue weighted by atomic mass is 9.91. The summed E-state index contributed by atoms with van der Waals surface area (Å²) in [6, 6.07) is 27.2. The monoisotopic (exact) mass is 278 g/mol. The summed E-state index contributed by atoms with van der Waals surface area (Å²) >= 11 is 6.14. The van der Waals surface area contributed by atoms with Crippen LogP contribution in [0.2, 0.25) is 0 Å². The molecule has 0 saturated carbocycles. The highest BCUT2D eigenvalue weighted by Crippen LogP contribution is 2.35. The van der Waals surface area contributed by atoms with Crippen molar-refractivity contribution in [1.82, 2.24) is 0 Å². The molecule has 3 rings (SSSR count). The summed E-state index contributed by atoms with van der Waals surface area (Å²) in [5.74, 6) is 0.519. The van der Waals surface area contributed by atoms with Crippen molar-refractivity contribution in [3.63, 3.8) is 0 Å². The standard InChI is InChI=1S/C19H15Cl/c20-14-17-12-7-13-18(15-8-3-1-4-9-15)19(17)16-10-5-2-6-11-16/h1-13H,14H2. The number of alkyl halides is 1. The van der Waals surface area contributed by atoms with E-state index < -0.39 is 0 Å². The van der Waals surface area contributed by atoms with Crippen LogP contribution in [0.25, 0.3) is 22.3 Å². The molecule has 0 heterocycles. The van der Waals surface area contributed by atoms with Crippen LogP contribution in [0, 0.1) is 0 Å². The highest BCUT2D eigenvalue weighted by Gasteiger charge is 2.11. The van der Waals surface area contributed by atoms with Gasteiger partial charge in [-0.15, -0.1) is 11.6 Å². The minimum Gasteiger partial charge on any atom is -0.122 e. The molecular formula is C19H15Cl. The Morgan fingerprint density at radius 1 is 0.600 bits per heavy atom. The molecule has 0 fully saturated rings. The summed E-state index contributed by atoms with van der Waals surface area (Å²) in [5.41, 5.74) is 6.06. The quantitative estimate of drug-likeness (QED) is 0.534. The molecule has 3 aromatic rings. The Morgan fingerprint density at radius 3 is 1.80 bits per heavy atom. The van der Waals surface area contributed by atoms with Crippen molar-refractivity contribution in [2.75, 3.05) is 0 Å². The maximum absolute atomic E-state index is 6.14. The van der Waals surface area contributed by atoms with Gasteiger partial charge in [-0.25, -0.2) is 0 Å². The molecule has 0 aliphatic heterocycles. The van der Waals surface area contributed by atoms with Gasteiger partial charge in [0.25, 0.3) is 0 Å². The van der Waals surface area contributed by atoms with Gasteiger partial charge in [0, 0.05) is 5.88 Å². The van der Waals surface area contributed by atoms with Gasteiger partial charge in [0.05, 0.1) is 0 Å². The molecule has 0 aliphatic carbocycles. The average Bonchev–Trinajstić information content (AvgIpc) is 2.55. The third kappa shape index (κ3) is 2.48. The van der Waals surface area contributed by atoms with Crippen LogP contribution in [0.3, 0.4) is 0 Å². The second-order valence-corrected chi connectivity index (χ2v) is 4.97. The van der Waals surface area contributed by atoms with Crippen molar-refractivity contribution >= 4 is 11.6 Å². The summed E-state index contributed by atoms with van der Waals surface area (Å²) in [5, 5.41) is 0. The van der Waals surface area contributed by atoms with Crippen molar-refractivity contribution in [1.29, 1.82) is 0 Å². The minimum absolute atomic E-state index is 0.519. The van der Waals surface area contributed by atoms with Crippen LogP contribution in [-0.2, 0) is 5.88 Å². The molecule has 0 radical (unpaired) electrons. The Bertz CT molecular complexity index is 687. The fourth-order valence-corrected chi connectivity index (χ4v) is 2.74. The molecule has 0 aliphatic rings. The molecule has 0 unspecified atom stereocenters. The molecule has 0 spiro atoms. The van der Waals surface area contributed by atoms with Gasteiger partial charge >= 0.3 is 0 Å². The topological polar surface area (TPSA) is 0 Å². The van der Waals surface area contributed by atoms with Crippen molar-refractivity contribution < 1.29 is 0 Å². The first-order valence-electron chi connectivity index (χ1n) is 6.69. The molecule has 0 bridgehead atoms. The van der Waals surface area contributed by atoms with E-state index in [-0.39, 0.29) is 0 Å². The van der Waals surface area contributed by atoms with E-state index in [2.05, 4.69) is 66.7 Å². The first-order valence-corrected chi connectivity index (χ1v) is 7.22. The van der Waals surface area contributed by atoms with Crippen molar-refractivity contribution in [3.8, 4) is 22.3 Å². The van der Waals surface area contributed by atoms with Gasteiger partial charge in [0.15, 0.2) is 0 Å². The highest BCUT2D eigenvalue weighted by atomic mass is 35.5. The fraction of sp³-hybridized carbons (Fsp3) is 0.0526. The number of rotatable bonds is 3. The van der Waals surface area contributed by atoms with Crippen LogP contribution < -0.4 is 0 Å². The maximum atomic E-state index is 6.14. The van der Waals surface area contributed by atoms with E-state index in [1.807, 2.05) is 12.1 Å². The third-order valence-corrected chi connectivity index (χ3v) is 3.73. The Labute approximate surface area is 124 Å². The van der Waals surface area contributed by atoms with Crippen molar-refractivity contribution in [3.05, 3.63) is 84.4 Å². The van der Waals surface area contributed by atoms with E-state index in [4.69, 9.17) is 11.6 Å². The Kier molecular flexibility index (Phi) is 3.85. The molecule has 1 heteroatoms. The molecule has 0 nitrogen and oxygen atoms in total. The van der Waals surface area contributed by atoms with Gasteiger partial charge < -0.3 is 0 Å². The van der Waals surface area contributed by atoms with Crippen LogP contribution in [-0.4, -0.2) is 0 Å². The largest absolute Gasteiger partial charge is 0.122 e. The summed E-state index contributed by atoms with van der Waals surface area (Å²) in [6.45, 7) is 0. The number of hydrogen-bond acceptors (Lipinski definition) is 0. The van der Waals surface area contributed by atoms with Gasteiger partial charge in [0.2, 0.25) is 0 Å². The second kappa shape index (κ2) is 5.94. The van der Waals surface area contributed by atoms with Crippen LogP contribution >= 0.6 is 11.6 Å². The fourth-order valence-electron chi connectivity index (χ4n) is 2.52. The van der Waals surface area contributed by atoms with Gasteiger partial charge in [-0.3, -0.25) is 0 Å². The van der Waals surface area contributed by atoms with Crippen LogP contribution in [0.5, 0.6) is 0 Å². The van der Waals surface area contributed by atoms with Gasteiger partial charge in [0.1, 0.15) is 0 Å². The SMILES string of the molecule is ClCc1cccc(-c2ccccc2)c1-c1ccccc1. The van der Waals surface area contributed by atoms with Gasteiger partial charge in [-0.05, 0) is 27.8 Å². The van der Waals surface area contributed by atoms with Gasteiger partial charge in [-0.2, -0.15) is 0 Å². The van der Waals surface area contributed by atoms with Crippen LogP contribution in [0.1, 0.15) is 5.56 Å². The normalized spacial score (nSPS) is 10.4. The van der Waals surface area contributed by atoms with E-state index in [0.717, 1.165) is 0 Å². The molecule has 20 heavy (non-hydrogen) atoms. The summed E-state index contributed by atoms with van der Waals surface area (Å²) in [6.07, 6.45) is 0. The van der Waals surface area contributed by atoms with Crippen molar-refractivity contribution in [2.45, 2.75) is 5.88 Å². The Morgan fingerprint density at radius 2 is 1.20 bits per heavy atom. The molecule has 0 saturated heterocycles. The summed E-state index contributed by atoms with van der Waals surface area (Å²) in [4.78, 5) is 0. The minimum atomic E-state index is 0.519. The maximum Gasteiger partial charge on any atom is 0.0480 e. The smallest absolute Gasteiger partial charge is 0.0480 e. The molecule has 0 amide bonds. The molecule has 98 valence electrons. The molecule has 0 N–H and O–H groups in total. The lowest BCUT2D eigenvalue weighted by Crippen LogP contribution is -1.91. The predicted molar refractivity (Wildman–Crippen MR) is 86.9 cm³/mol. The van der Waals surface area contributed by atoms with Crippen LogP contribution in [0.4, 0.5) is 0 Å². The Balaban J connectivity index is 2.26. The van der Waals surface area contributed by atoms with Gasteiger partial charge in [-0.1, -0.05) is 78.9 Å². The zero-order valence-electron chi connectivity index (χ0n) is 11.1. The molecule has 3 aromatic carbocycles. The average molecular weight is 279 g/mol. The number of hydrogen-bond donors (Lipinski definition) is 0. The zero-order chi connectivity index (χ0) is 13.8. The third-order valence-electron chi connectivity index (χ3n) is 3.44. The van der Waals surface area contributed by atoms with E-state index in [1.54, 1.807) is 0 Å². The first kappa shape index (κ1) is 13.0. The lowest BCUT2D eigenvalue weighted by Gasteiger charge is -2.14. The second-order valence-electron chi connectivity index (χ2n) is 4.71. The molecular weight excluding hydrogens is 264 g/mol. The van der Waals surface area contributed by atoms with E-state index in [9.17, 15) is 0 Å². The Hall–Kier alpha value is -2.05. The number of halogens is 1. The zero-order valence-corrected chi connectivity index (χ0v) is 11.8. The summed E-state index contributed by atoms with van der Waals surface area (Å²) < 4.78 is 0. The predicted octanol–water partition coefficient (Wildman–Crippen LogP) is 5.76. The van der Waals surface area contributed by atoms with Crippen molar-refractivity contribution in [2.24, 2.45) is 0 Å². The van der Waals surface area contributed by atoms with E-state index in [1.165, 1.54) is 27.8 Å². The van der Waals surface area contributed by atoms with Crippen LogP contribution in [0.15, 0.2) is 78.9 Å². The molecule has 0 aromatic heterocycles. The summed E-state index contributed by atoms with van der Waals surface area (Å²) in [7, 11) is 0. The first-order chi connectivity index (χ1) is 9.90.